The molecule has 2 saturated heterocycles. The summed E-state index contributed by atoms with van der Waals surface area (Å²) >= 11 is 1.68. The van der Waals surface area contributed by atoms with Gasteiger partial charge in [-0.05, 0) is 48.8 Å². The van der Waals surface area contributed by atoms with Crippen LogP contribution in [0.2, 0.25) is 0 Å². The molecule has 0 spiro atoms. The lowest BCUT2D eigenvalue weighted by atomic mass is 10.2. The van der Waals surface area contributed by atoms with Gasteiger partial charge >= 0.3 is 0 Å². The molecule has 0 aliphatic carbocycles. The molecule has 1 amide bonds. The first-order valence-electron chi connectivity index (χ1n) is 6.51. The lowest BCUT2D eigenvalue weighted by Crippen LogP contribution is -2.41. The Bertz CT molecular complexity index is 420. The summed E-state index contributed by atoms with van der Waals surface area (Å²) in [4.78, 5) is 16.4. The monoisotopic (exact) mass is 265 g/mol. The average Bonchev–Trinajstić information content (AvgIpc) is 3.04. The van der Waals surface area contributed by atoms with Gasteiger partial charge in [0.2, 0.25) is 5.91 Å². The predicted molar refractivity (Wildman–Crippen MR) is 72.4 cm³/mol. The molecule has 3 heterocycles. The van der Waals surface area contributed by atoms with Crippen LogP contribution in [0.1, 0.15) is 24.6 Å². The van der Waals surface area contributed by atoms with Crippen molar-refractivity contribution in [2.45, 2.75) is 25.0 Å². The zero-order chi connectivity index (χ0) is 12.5. The molecule has 2 fully saturated rings. The zero-order valence-electron chi connectivity index (χ0n) is 10.6. The van der Waals surface area contributed by atoms with E-state index in [0.29, 0.717) is 12.6 Å². The third-order valence-electron chi connectivity index (χ3n) is 4.02. The van der Waals surface area contributed by atoms with Gasteiger partial charge in [-0.3, -0.25) is 10.1 Å². The molecule has 3 rings (SSSR count). The molecule has 1 aromatic rings. The summed E-state index contributed by atoms with van der Waals surface area (Å²) in [6.45, 7) is 2.48. The Morgan fingerprint density at radius 3 is 3.11 bits per heavy atom. The highest BCUT2D eigenvalue weighted by atomic mass is 32.1. The van der Waals surface area contributed by atoms with E-state index in [4.69, 9.17) is 0 Å². The Morgan fingerprint density at radius 2 is 2.44 bits per heavy atom. The number of rotatable bonds is 3. The van der Waals surface area contributed by atoms with Crippen molar-refractivity contribution in [3.8, 4) is 0 Å². The van der Waals surface area contributed by atoms with Gasteiger partial charge in [0.1, 0.15) is 6.17 Å². The molecule has 2 unspecified atom stereocenters. The molecule has 5 heteroatoms. The fourth-order valence-electron chi connectivity index (χ4n) is 2.91. The van der Waals surface area contributed by atoms with Crippen molar-refractivity contribution >= 4 is 17.2 Å². The molecule has 0 aromatic carbocycles. The van der Waals surface area contributed by atoms with Crippen LogP contribution in [0.3, 0.4) is 0 Å². The minimum absolute atomic E-state index is 0.0812. The molecular weight excluding hydrogens is 246 g/mol. The minimum atomic E-state index is 0.0812. The third kappa shape index (κ3) is 2.18. The summed E-state index contributed by atoms with van der Waals surface area (Å²) in [5.74, 6) is 0.228. The molecular formula is C13H19N3OS. The van der Waals surface area contributed by atoms with Gasteiger partial charge in [-0.25, -0.2) is 0 Å². The predicted octanol–water partition coefficient (Wildman–Crippen LogP) is 1.27. The van der Waals surface area contributed by atoms with Crippen LogP contribution in [0.4, 0.5) is 0 Å². The zero-order valence-corrected chi connectivity index (χ0v) is 11.4. The summed E-state index contributed by atoms with van der Waals surface area (Å²) < 4.78 is 0. The molecule has 0 radical (unpaired) electrons. The lowest BCUT2D eigenvalue weighted by molar-refractivity contribution is -0.128. The number of thiophene rings is 1. The number of hydrogen-bond acceptors (Lipinski definition) is 4. The van der Waals surface area contributed by atoms with Crippen LogP contribution >= 0.6 is 11.3 Å². The van der Waals surface area contributed by atoms with Gasteiger partial charge in [-0.2, -0.15) is 11.3 Å². The second-order valence-corrected chi connectivity index (χ2v) is 5.94. The van der Waals surface area contributed by atoms with Crippen molar-refractivity contribution in [1.82, 2.24) is 15.1 Å². The highest BCUT2D eigenvalue weighted by Gasteiger charge is 2.35. The highest BCUT2D eigenvalue weighted by Crippen LogP contribution is 2.26. The Hall–Kier alpha value is -0.910. The third-order valence-corrected chi connectivity index (χ3v) is 4.72. The van der Waals surface area contributed by atoms with Crippen molar-refractivity contribution in [1.29, 1.82) is 0 Å². The summed E-state index contributed by atoms with van der Waals surface area (Å²) in [7, 11) is 2.16. The fourth-order valence-corrected chi connectivity index (χ4v) is 3.59. The van der Waals surface area contributed by atoms with Gasteiger partial charge < -0.3 is 9.80 Å². The van der Waals surface area contributed by atoms with Crippen LogP contribution in [-0.2, 0) is 4.79 Å². The van der Waals surface area contributed by atoms with E-state index in [1.165, 1.54) is 18.4 Å². The largest absolute Gasteiger partial charge is 0.320 e. The summed E-state index contributed by atoms with van der Waals surface area (Å²) in [5.41, 5.74) is 1.21. The number of likely N-dealkylation sites (tertiary alicyclic amines) is 1. The fraction of sp³-hybridized carbons (Fsp3) is 0.615. The van der Waals surface area contributed by atoms with Gasteiger partial charge in [0.25, 0.3) is 0 Å². The Kier molecular flexibility index (Phi) is 3.37. The van der Waals surface area contributed by atoms with E-state index in [-0.39, 0.29) is 12.1 Å². The average molecular weight is 265 g/mol. The Morgan fingerprint density at radius 1 is 1.56 bits per heavy atom. The Labute approximate surface area is 112 Å². The number of carbonyl (C=O) groups is 1. The second-order valence-electron chi connectivity index (χ2n) is 5.16. The molecule has 98 valence electrons. The van der Waals surface area contributed by atoms with Gasteiger partial charge in [0, 0.05) is 12.6 Å². The molecule has 2 atom stereocenters. The second kappa shape index (κ2) is 4.99. The molecule has 0 saturated carbocycles. The SMILES string of the molecule is CN1CCCC1CN1C(=O)CNC1c1ccsc1. The molecule has 0 bridgehead atoms. The first-order chi connectivity index (χ1) is 8.75. The van der Waals surface area contributed by atoms with Crippen molar-refractivity contribution in [2.75, 3.05) is 26.7 Å². The van der Waals surface area contributed by atoms with Crippen LogP contribution in [0.25, 0.3) is 0 Å². The van der Waals surface area contributed by atoms with Gasteiger partial charge in [0.15, 0.2) is 0 Å². The molecule has 2 aliphatic rings. The topological polar surface area (TPSA) is 35.6 Å². The van der Waals surface area contributed by atoms with Crippen molar-refractivity contribution < 1.29 is 4.79 Å². The van der Waals surface area contributed by atoms with E-state index < -0.39 is 0 Å². The molecule has 1 aromatic heterocycles. The maximum absolute atomic E-state index is 12.0. The number of nitrogens with zero attached hydrogens (tertiary/aromatic N) is 2. The maximum Gasteiger partial charge on any atom is 0.238 e. The number of hydrogen-bond donors (Lipinski definition) is 1. The van der Waals surface area contributed by atoms with Gasteiger partial charge in [0.05, 0.1) is 6.54 Å². The van der Waals surface area contributed by atoms with E-state index >= 15 is 0 Å². The lowest BCUT2D eigenvalue weighted by Gasteiger charge is -2.29. The van der Waals surface area contributed by atoms with E-state index in [0.717, 1.165) is 13.1 Å². The number of nitrogens with one attached hydrogen (secondary N) is 1. The van der Waals surface area contributed by atoms with Gasteiger partial charge in [-0.15, -0.1) is 0 Å². The van der Waals surface area contributed by atoms with Crippen molar-refractivity contribution in [3.63, 3.8) is 0 Å². The summed E-state index contributed by atoms with van der Waals surface area (Å²) in [6, 6.07) is 2.63. The van der Waals surface area contributed by atoms with Crippen molar-refractivity contribution in [3.05, 3.63) is 22.4 Å². The first kappa shape index (κ1) is 12.1. The normalized spacial score (nSPS) is 29.4. The molecule has 2 aliphatic heterocycles. The van der Waals surface area contributed by atoms with Crippen LogP contribution in [0.5, 0.6) is 0 Å². The van der Waals surface area contributed by atoms with Crippen molar-refractivity contribution in [2.24, 2.45) is 0 Å². The van der Waals surface area contributed by atoms with Crippen LogP contribution < -0.4 is 5.32 Å². The summed E-state index contributed by atoms with van der Waals surface area (Å²) in [6.07, 6.45) is 2.54. The molecule has 4 nitrogen and oxygen atoms in total. The van der Waals surface area contributed by atoms with E-state index in [2.05, 4.69) is 34.1 Å². The van der Waals surface area contributed by atoms with E-state index in [1.807, 2.05) is 4.90 Å². The number of carbonyl (C=O) groups excluding carboxylic acids is 1. The van der Waals surface area contributed by atoms with Gasteiger partial charge in [-0.1, -0.05) is 0 Å². The minimum Gasteiger partial charge on any atom is -0.320 e. The molecule has 18 heavy (non-hydrogen) atoms. The standard InChI is InChI=1S/C13H19N3OS/c1-15-5-2-3-11(15)8-16-12(17)7-14-13(16)10-4-6-18-9-10/h4,6,9,11,13-14H,2-3,5,7-8H2,1H3. The quantitative estimate of drug-likeness (QED) is 0.894. The maximum atomic E-state index is 12.0. The van der Waals surface area contributed by atoms with Crippen LogP contribution in [0.15, 0.2) is 16.8 Å². The van der Waals surface area contributed by atoms with Crippen LogP contribution in [-0.4, -0.2) is 48.4 Å². The number of amides is 1. The Balaban J connectivity index is 1.73. The smallest absolute Gasteiger partial charge is 0.238 e. The summed E-state index contributed by atoms with van der Waals surface area (Å²) in [5, 5.41) is 7.51. The van der Waals surface area contributed by atoms with Crippen LogP contribution in [0, 0.1) is 0 Å². The number of likely N-dealkylation sites (N-methyl/N-ethyl adjacent to an activating group) is 1. The molecule has 1 N–H and O–H groups in total. The van der Waals surface area contributed by atoms with E-state index in [9.17, 15) is 4.79 Å². The highest BCUT2D eigenvalue weighted by molar-refractivity contribution is 7.07. The first-order valence-corrected chi connectivity index (χ1v) is 7.45. The van der Waals surface area contributed by atoms with E-state index in [1.54, 1.807) is 11.3 Å².